The van der Waals surface area contributed by atoms with Gasteiger partial charge in [0.1, 0.15) is 16.8 Å². The van der Waals surface area contributed by atoms with Gasteiger partial charge in [0, 0.05) is 11.3 Å². The van der Waals surface area contributed by atoms with Gasteiger partial charge in [-0.05, 0) is 54.0 Å². The van der Waals surface area contributed by atoms with Crippen LogP contribution in [0.15, 0.2) is 78.2 Å². The van der Waals surface area contributed by atoms with Gasteiger partial charge in [-0.2, -0.15) is 5.10 Å². The maximum absolute atomic E-state index is 11.8. The third kappa shape index (κ3) is 3.56. The van der Waals surface area contributed by atoms with Crippen molar-refractivity contribution < 1.29 is 5.11 Å². The average molecular weight is 453 g/mol. The van der Waals surface area contributed by atoms with E-state index >= 15 is 0 Å². The Kier molecular flexibility index (Phi) is 5.04. The number of nitrogens with one attached hydrogen (secondary N) is 1. The van der Waals surface area contributed by atoms with E-state index < -0.39 is 5.60 Å². The molecule has 2 aliphatic carbocycles. The van der Waals surface area contributed by atoms with Gasteiger partial charge in [0.05, 0.1) is 11.1 Å². The van der Waals surface area contributed by atoms with Crippen molar-refractivity contribution in [2.75, 3.05) is 5.43 Å². The van der Waals surface area contributed by atoms with Crippen molar-refractivity contribution in [3.05, 3.63) is 94.6 Å². The molecule has 0 spiro atoms. The van der Waals surface area contributed by atoms with Gasteiger partial charge in [-0.3, -0.25) is 5.43 Å². The second-order valence-electron chi connectivity index (χ2n) is 8.66. The van der Waals surface area contributed by atoms with Crippen molar-refractivity contribution in [1.82, 2.24) is 9.97 Å². The largest absolute Gasteiger partial charge is 0.380 e. The molecule has 2 aromatic carbocycles. The summed E-state index contributed by atoms with van der Waals surface area (Å²) >= 11 is 1.78. The van der Waals surface area contributed by atoms with E-state index in [4.69, 9.17) is 5.10 Å². The maximum atomic E-state index is 11.8. The summed E-state index contributed by atoms with van der Waals surface area (Å²) in [6, 6.07) is 19.9. The molecule has 5 nitrogen and oxygen atoms in total. The molecule has 0 aliphatic heterocycles. The molecule has 4 aromatic rings. The van der Waals surface area contributed by atoms with Crippen LogP contribution in [0, 0.1) is 0 Å². The van der Waals surface area contributed by atoms with Crippen LogP contribution >= 0.6 is 11.3 Å². The first-order valence-electron chi connectivity index (χ1n) is 11.4. The second-order valence-corrected chi connectivity index (χ2v) is 9.74. The maximum Gasteiger partial charge on any atom is 0.158 e. The Morgan fingerprint density at radius 1 is 0.939 bits per heavy atom. The van der Waals surface area contributed by atoms with Gasteiger partial charge in [-0.1, -0.05) is 60.7 Å². The Labute approximate surface area is 196 Å². The molecule has 33 heavy (non-hydrogen) atoms. The Morgan fingerprint density at radius 2 is 1.70 bits per heavy atom. The third-order valence-electron chi connectivity index (χ3n) is 6.59. The summed E-state index contributed by atoms with van der Waals surface area (Å²) in [5.74, 6) is 0.747. The highest BCUT2D eigenvalue weighted by Gasteiger charge is 2.40. The van der Waals surface area contributed by atoms with Crippen molar-refractivity contribution in [2.45, 2.75) is 37.7 Å². The van der Waals surface area contributed by atoms with E-state index in [1.165, 1.54) is 23.3 Å². The Morgan fingerprint density at radius 3 is 2.52 bits per heavy atom. The molecule has 0 saturated carbocycles. The Bertz CT molecular complexity index is 1380. The summed E-state index contributed by atoms with van der Waals surface area (Å²) in [4.78, 5) is 11.5. The third-order valence-corrected chi connectivity index (χ3v) is 7.79. The number of rotatable bonds is 4. The van der Waals surface area contributed by atoms with Crippen LogP contribution in [-0.4, -0.2) is 20.8 Å². The quantitative estimate of drug-likeness (QED) is 0.389. The molecular formula is C27H24N4OS. The van der Waals surface area contributed by atoms with Gasteiger partial charge >= 0.3 is 0 Å². The predicted molar refractivity (Wildman–Crippen MR) is 134 cm³/mol. The van der Waals surface area contributed by atoms with Crippen LogP contribution in [0.1, 0.15) is 40.8 Å². The lowest BCUT2D eigenvalue weighted by atomic mass is 9.84. The summed E-state index contributed by atoms with van der Waals surface area (Å²) in [6.45, 7) is 0. The number of hydrogen-bond acceptors (Lipinski definition) is 6. The molecule has 6 heteroatoms. The molecular weight excluding hydrogens is 428 g/mol. The van der Waals surface area contributed by atoms with Gasteiger partial charge in [-0.25, -0.2) is 9.97 Å². The van der Waals surface area contributed by atoms with E-state index in [1.807, 2.05) is 66.7 Å². The van der Waals surface area contributed by atoms with Crippen molar-refractivity contribution in [2.24, 2.45) is 5.10 Å². The molecule has 6 rings (SSSR count). The van der Waals surface area contributed by atoms with Crippen LogP contribution in [-0.2, 0) is 18.4 Å². The zero-order valence-corrected chi connectivity index (χ0v) is 19.0. The smallest absolute Gasteiger partial charge is 0.158 e. The van der Waals surface area contributed by atoms with Gasteiger partial charge in [0.25, 0.3) is 0 Å². The first-order chi connectivity index (χ1) is 16.2. The zero-order valence-electron chi connectivity index (χ0n) is 18.2. The normalized spacial score (nSPS) is 21.2. The van der Waals surface area contributed by atoms with Gasteiger partial charge in [0.15, 0.2) is 5.82 Å². The first kappa shape index (κ1) is 20.3. The van der Waals surface area contributed by atoms with Crippen molar-refractivity contribution >= 4 is 38.7 Å². The number of hydrazone groups is 1. The molecule has 2 N–H and O–H groups in total. The molecule has 2 aromatic heterocycles. The Hall–Kier alpha value is -3.35. The van der Waals surface area contributed by atoms with Crippen LogP contribution < -0.4 is 5.43 Å². The molecule has 2 heterocycles. The number of hydrogen-bond donors (Lipinski definition) is 2. The number of thiophene rings is 1. The van der Waals surface area contributed by atoms with E-state index in [0.29, 0.717) is 6.42 Å². The molecule has 0 bridgehead atoms. The Balaban J connectivity index is 1.39. The van der Waals surface area contributed by atoms with Crippen LogP contribution in [0.2, 0.25) is 0 Å². The summed E-state index contributed by atoms with van der Waals surface area (Å²) < 4.78 is 0. The number of aromatic nitrogens is 2. The number of aryl methyl sites for hydroxylation is 2. The highest BCUT2D eigenvalue weighted by atomic mass is 32.1. The summed E-state index contributed by atoms with van der Waals surface area (Å²) in [5.41, 5.74) is 6.95. The van der Waals surface area contributed by atoms with Crippen LogP contribution in [0.5, 0.6) is 0 Å². The van der Waals surface area contributed by atoms with E-state index in [1.54, 1.807) is 17.7 Å². The predicted octanol–water partition coefficient (Wildman–Crippen LogP) is 5.71. The standard InChI is InChI=1S/C27H24N4OS/c32-27(19-11-5-2-6-12-19)16-20(15-22(27)18-9-3-1-4-10-18)30-31-25-24-21-13-7-8-14-23(21)33-26(24)29-17-28-25/h1-6,9-12,15,17,32H,7-8,13-14,16H2,(H,28,29,31)/b30-20+/t27-/m0/s1. The van der Waals surface area contributed by atoms with Gasteiger partial charge in [-0.15, -0.1) is 11.3 Å². The molecule has 0 unspecified atom stereocenters. The van der Waals surface area contributed by atoms with Gasteiger partial charge < -0.3 is 5.11 Å². The number of allylic oxidation sites excluding steroid dienone is 1. The van der Waals surface area contributed by atoms with Crippen molar-refractivity contribution in [1.29, 1.82) is 0 Å². The lowest BCUT2D eigenvalue weighted by molar-refractivity contribution is 0.113. The highest BCUT2D eigenvalue weighted by Crippen LogP contribution is 2.44. The minimum absolute atomic E-state index is 0.393. The SMILES string of the molecule is O[C@]1(c2ccccc2)C/C(=N/Nc2ncnc3sc4c(c23)CCCC4)C=C1c1ccccc1. The zero-order chi connectivity index (χ0) is 22.3. The fourth-order valence-electron chi connectivity index (χ4n) is 4.98. The lowest BCUT2D eigenvalue weighted by Crippen LogP contribution is -2.25. The number of nitrogens with zero attached hydrogens (tertiary/aromatic N) is 3. The second kappa shape index (κ2) is 8.21. The molecule has 1 atom stereocenters. The highest BCUT2D eigenvalue weighted by molar-refractivity contribution is 7.19. The minimum Gasteiger partial charge on any atom is -0.380 e. The number of aliphatic hydroxyl groups is 1. The summed E-state index contributed by atoms with van der Waals surface area (Å²) in [7, 11) is 0. The fourth-order valence-corrected chi connectivity index (χ4v) is 6.21. The summed E-state index contributed by atoms with van der Waals surface area (Å²) in [5, 5.41) is 17.7. The molecule has 0 fully saturated rings. The molecule has 0 amide bonds. The number of benzene rings is 2. The van der Waals surface area contributed by atoms with E-state index in [0.717, 1.165) is 51.3 Å². The summed E-state index contributed by atoms with van der Waals surface area (Å²) in [6.07, 6.45) is 8.63. The number of fused-ring (bicyclic) bond motifs is 3. The topological polar surface area (TPSA) is 70.4 Å². The minimum atomic E-state index is -1.13. The van der Waals surface area contributed by atoms with E-state index in [9.17, 15) is 5.11 Å². The van der Waals surface area contributed by atoms with Crippen molar-refractivity contribution in [3.63, 3.8) is 0 Å². The number of anilines is 1. The fraction of sp³-hybridized carbons (Fsp3) is 0.222. The van der Waals surface area contributed by atoms with Crippen LogP contribution in [0.25, 0.3) is 15.8 Å². The van der Waals surface area contributed by atoms with E-state index in [2.05, 4.69) is 15.4 Å². The monoisotopic (exact) mass is 452 g/mol. The van der Waals surface area contributed by atoms with Crippen molar-refractivity contribution in [3.8, 4) is 0 Å². The molecule has 164 valence electrons. The van der Waals surface area contributed by atoms with Crippen LogP contribution in [0.4, 0.5) is 5.82 Å². The molecule has 2 aliphatic rings. The van der Waals surface area contributed by atoms with E-state index in [-0.39, 0.29) is 0 Å². The van der Waals surface area contributed by atoms with Crippen LogP contribution in [0.3, 0.4) is 0 Å². The lowest BCUT2D eigenvalue weighted by Gasteiger charge is -2.27. The van der Waals surface area contributed by atoms with Gasteiger partial charge in [0.2, 0.25) is 0 Å². The average Bonchev–Trinajstić information content (AvgIpc) is 3.42. The molecule has 0 saturated heterocycles. The molecule has 0 radical (unpaired) electrons. The first-order valence-corrected chi connectivity index (χ1v) is 12.2.